The van der Waals surface area contributed by atoms with E-state index in [0.717, 1.165) is 13.0 Å². The average molecular weight is 401 g/mol. The maximum absolute atomic E-state index is 12.2. The van der Waals surface area contributed by atoms with E-state index >= 15 is 0 Å². The molecular weight excluding hydrogens is 356 g/mol. The Morgan fingerprint density at radius 2 is 1.46 bits per heavy atom. The summed E-state index contributed by atoms with van der Waals surface area (Å²) >= 11 is 0. The van der Waals surface area contributed by atoms with Gasteiger partial charge in [-0.25, -0.2) is 0 Å². The molecule has 0 saturated heterocycles. The van der Waals surface area contributed by atoms with Crippen LogP contribution in [0.2, 0.25) is 0 Å². The zero-order valence-corrected chi connectivity index (χ0v) is 19.2. The number of carboxylic acid groups (broad SMARTS) is 1. The third kappa shape index (κ3) is 16.6. The molecule has 0 spiro atoms. The Balaban J connectivity index is 0. The summed E-state index contributed by atoms with van der Waals surface area (Å²) in [4.78, 5) is 32.2. The summed E-state index contributed by atoms with van der Waals surface area (Å²) < 4.78 is 0. The Hall–Kier alpha value is -1.59. The molecular formula is C22H44N2O4. The number of aliphatic carboxylic acids is 1. The summed E-state index contributed by atoms with van der Waals surface area (Å²) in [5.41, 5.74) is -0.478. The van der Waals surface area contributed by atoms with Gasteiger partial charge in [-0.2, -0.15) is 0 Å². The predicted octanol–water partition coefficient (Wildman–Crippen LogP) is 4.38. The van der Waals surface area contributed by atoms with Crippen LogP contribution in [0.15, 0.2) is 0 Å². The molecule has 6 nitrogen and oxygen atoms in total. The van der Waals surface area contributed by atoms with Gasteiger partial charge in [-0.3, -0.25) is 14.4 Å². The van der Waals surface area contributed by atoms with E-state index < -0.39 is 5.97 Å². The number of rotatable bonds is 9. The van der Waals surface area contributed by atoms with Gasteiger partial charge < -0.3 is 15.7 Å². The molecule has 1 saturated carbocycles. The fourth-order valence-corrected chi connectivity index (χ4v) is 3.98. The molecule has 2 amide bonds. The second kappa shape index (κ2) is 15.3. The average Bonchev–Trinajstić information content (AvgIpc) is 2.60. The van der Waals surface area contributed by atoms with E-state index in [1.54, 1.807) is 7.05 Å². The zero-order valence-electron chi connectivity index (χ0n) is 19.2. The van der Waals surface area contributed by atoms with Crippen LogP contribution in [-0.2, 0) is 14.4 Å². The molecule has 166 valence electrons. The molecule has 0 aliphatic heterocycles. The van der Waals surface area contributed by atoms with Crippen molar-refractivity contribution in [1.82, 2.24) is 10.6 Å². The molecule has 0 radical (unpaired) electrons. The van der Waals surface area contributed by atoms with Gasteiger partial charge >= 0.3 is 5.97 Å². The topological polar surface area (TPSA) is 95.5 Å². The molecule has 0 unspecified atom stereocenters. The molecule has 6 heteroatoms. The SMILES string of the molecule is CC.CC(C)(CC(=O)O)CC(C)(C)CC(=O)NCC1CCCCC1.CNC=O. The molecule has 0 heterocycles. The Morgan fingerprint density at radius 1 is 1.00 bits per heavy atom. The second-order valence-corrected chi connectivity index (χ2v) is 8.97. The maximum Gasteiger partial charge on any atom is 0.303 e. The van der Waals surface area contributed by atoms with Crippen molar-refractivity contribution in [2.45, 2.75) is 92.9 Å². The summed E-state index contributed by atoms with van der Waals surface area (Å²) in [7, 11) is 1.56. The summed E-state index contributed by atoms with van der Waals surface area (Å²) in [6.45, 7) is 12.8. The molecule has 1 fully saturated rings. The molecule has 28 heavy (non-hydrogen) atoms. The van der Waals surface area contributed by atoms with Gasteiger partial charge in [0.2, 0.25) is 12.3 Å². The molecule has 1 aliphatic carbocycles. The first kappa shape index (κ1) is 28.6. The maximum atomic E-state index is 12.2. The third-order valence-electron chi connectivity index (χ3n) is 4.66. The van der Waals surface area contributed by atoms with Gasteiger partial charge in [-0.1, -0.05) is 60.8 Å². The van der Waals surface area contributed by atoms with Crippen LogP contribution in [-0.4, -0.2) is 37.0 Å². The van der Waals surface area contributed by atoms with Gasteiger partial charge in [-0.05, 0) is 36.0 Å². The molecule has 0 atom stereocenters. The fourth-order valence-electron chi connectivity index (χ4n) is 3.98. The summed E-state index contributed by atoms with van der Waals surface area (Å²) in [6, 6.07) is 0. The van der Waals surface area contributed by atoms with Gasteiger partial charge in [-0.15, -0.1) is 0 Å². The van der Waals surface area contributed by atoms with Crippen LogP contribution >= 0.6 is 0 Å². The van der Waals surface area contributed by atoms with Crippen LogP contribution in [0.4, 0.5) is 0 Å². The lowest BCUT2D eigenvalue weighted by Gasteiger charge is -2.34. The van der Waals surface area contributed by atoms with E-state index in [-0.39, 0.29) is 23.2 Å². The van der Waals surface area contributed by atoms with Crippen LogP contribution in [0.1, 0.15) is 92.9 Å². The fraction of sp³-hybridized carbons (Fsp3) is 0.864. The van der Waals surface area contributed by atoms with Crippen LogP contribution < -0.4 is 10.6 Å². The highest BCUT2D eigenvalue weighted by Crippen LogP contribution is 2.38. The zero-order chi connectivity index (χ0) is 22.2. The second-order valence-electron chi connectivity index (χ2n) is 8.97. The summed E-state index contributed by atoms with van der Waals surface area (Å²) in [6.07, 6.45) is 8.32. The van der Waals surface area contributed by atoms with Crippen LogP contribution in [0.5, 0.6) is 0 Å². The van der Waals surface area contributed by atoms with Crippen molar-refractivity contribution in [3.05, 3.63) is 0 Å². The van der Waals surface area contributed by atoms with E-state index in [1.165, 1.54) is 32.1 Å². The first-order valence-electron chi connectivity index (χ1n) is 10.6. The highest BCUT2D eigenvalue weighted by molar-refractivity contribution is 5.76. The van der Waals surface area contributed by atoms with Gasteiger partial charge in [0.1, 0.15) is 0 Å². The van der Waals surface area contributed by atoms with Gasteiger partial charge in [0.05, 0.1) is 6.42 Å². The van der Waals surface area contributed by atoms with Gasteiger partial charge in [0.25, 0.3) is 0 Å². The molecule has 1 aliphatic rings. The van der Waals surface area contributed by atoms with E-state index in [9.17, 15) is 9.59 Å². The number of carboxylic acids is 1. The smallest absolute Gasteiger partial charge is 0.303 e. The Bertz CT molecular complexity index is 442. The summed E-state index contributed by atoms with van der Waals surface area (Å²) in [5, 5.41) is 14.3. The van der Waals surface area contributed by atoms with Crippen molar-refractivity contribution < 1.29 is 19.5 Å². The monoisotopic (exact) mass is 400 g/mol. The molecule has 0 aromatic heterocycles. The third-order valence-corrected chi connectivity index (χ3v) is 4.66. The highest BCUT2D eigenvalue weighted by Gasteiger charge is 2.32. The van der Waals surface area contributed by atoms with Crippen molar-refractivity contribution in [1.29, 1.82) is 0 Å². The Kier molecular flexibility index (Phi) is 15.7. The minimum absolute atomic E-state index is 0.0988. The van der Waals surface area contributed by atoms with Gasteiger partial charge in [0.15, 0.2) is 0 Å². The molecule has 0 bridgehead atoms. The lowest BCUT2D eigenvalue weighted by molar-refractivity contribution is -0.139. The minimum atomic E-state index is -0.775. The van der Waals surface area contributed by atoms with Crippen molar-refractivity contribution in [3.63, 3.8) is 0 Å². The number of nitrogens with one attached hydrogen (secondary N) is 2. The minimum Gasteiger partial charge on any atom is -0.481 e. The van der Waals surface area contributed by atoms with E-state index in [0.29, 0.717) is 18.7 Å². The number of amides is 2. The van der Waals surface area contributed by atoms with Crippen molar-refractivity contribution in [3.8, 4) is 0 Å². The molecule has 1 rings (SSSR count). The lowest BCUT2D eigenvalue weighted by atomic mass is 9.72. The standard InChI is InChI=1S/C18H33NO3.C2H5NO.C2H6/c1-17(2,13-18(3,4)11-16(21)22)10-15(20)19-12-14-8-6-5-7-9-14;1-3-2-4;1-2/h14H,5-13H2,1-4H3,(H,19,20)(H,21,22);2H,1H3,(H,3,4);1-2H3. The number of hydrogen-bond acceptors (Lipinski definition) is 3. The van der Waals surface area contributed by atoms with Gasteiger partial charge in [0, 0.05) is 20.0 Å². The molecule has 0 aromatic rings. The van der Waals surface area contributed by atoms with Crippen LogP contribution in [0.3, 0.4) is 0 Å². The normalized spacial score (nSPS) is 14.5. The quantitative estimate of drug-likeness (QED) is 0.501. The van der Waals surface area contributed by atoms with Crippen molar-refractivity contribution >= 4 is 18.3 Å². The van der Waals surface area contributed by atoms with E-state index in [4.69, 9.17) is 9.90 Å². The molecule has 3 N–H and O–H groups in total. The van der Waals surface area contributed by atoms with Crippen LogP contribution in [0.25, 0.3) is 0 Å². The number of hydrogen-bond donors (Lipinski definition) is 3. The highest BCUT2D eigenvalue weighted by atomic mass is 16.4. The number of carbonyl (C=O) groups excluding carboxylic acids is 2. The molecule has 0 aromatic carbocycles. The number of carbonyl (C=O) groups is 3. The predicted molar refractivity (Wildman–Crippen MR) is 115 cm³/mol. The van der Waals surface area contributed by atoms with Crippen molar-refractivity contribution in [2.75, 3.05) is 13.6 Å². The summed E-state index contributed by atoms with van der Waals surface area (Å²) in [5.74, 6) is -0.0338. The lowest BCUT2D eigenvalue weighted by Crippen LogP contribution is -2.35. The van der Waals surface area contributed by atoms with E-state index in [1.807, 2.05) is 27.7 Å². The Morgan fingerprint density at radius 3 is 1.89 bits per heavy atom. The Labute approximate surface area is 172 Å². The largest absolute Gasteiger partial charge is 0.481 e. The first-order chi connectivity index (χ1) is 13.0. The first-order valence-corrected chi connectivity index (χ1v) is 10.6. The van der Waals surface area contributed by atoms with Crippen molar-refractivity contribution in [2.24, 2.45) is 16.7 Å². The van der Waals surface area contributed by atoms with E-state index in [2.05, 4.69) is 24.5 Å². The van der Waals surface area contributed by atoms with Crippen LogP contribution in [0, 0.1) is 16.7 Å².